The van der Waals surface area contributed by atoms with Crippen molar-refractivity contribution in [1.29, 1.82) is 0 Å². The van der Waals surface area contributed by atoms with Crippen molar-refractivity contribution >= 4 is 0 Å². The van der Waals surface area contributed by atoms with Crippen LogP contribution in [0.25, 0.3) is 0 Å². The lowest BCUT2D eigenvalue weighted by Crippen LogP contribution is -2.25. The summed E-state index contributed by atoms with van der Waals surface area (Å²) in [7, 11) is 0. The third-order valence-electron chi connectivity index (χ3n) is 3.36. The molecule has 70 valence electrons. The zero-order valence-corrected chi connectivity index (χ0v) is 9.15. The minimum absolute atomic E-state index is 0.492. The van der Waals surface area contributed by atoms with Crippen molar-refractivity contribution in [2.24, 2.45) is 17.3 Å². The first kappa shape index (κ1) is 9.83. The van der Waals surface area contributed by atoms with Gasteiger partial charge >= 0.3 is 0 Å². The molecule has 1 aliphatic rings. The highest BCUT2D eigenvalue weighted by Crippen LogP contribution is 2.39. The summed E-state index contributed by atoms with van der Waals surface area (Å²) in [4.78, 5) is 0. The first-order valence-corrected chi connectivity index (χ1v) is 5.08. The van der Waals surface area contributed by atoms with Crippen molar-refractivity contribution in [3.05, 3.63) is 11.6 Å². The molecule has 0 nitrogen and oxygen atoms in total. The molecule has 0 aromatic heterocycles. The maximum Gasteiger partial charge on any atom is -0.0231 e. The van der Waals surface area contributed by atoms with Crippen LogP contribution >= 0.6 is 0 Å². The average molecular weight is 166 g/mol. The van der Waals surface area contributed by atoms with Gasteiger partial charge in [-0.1, -0.05) is 39.3 Å². The number of rotatable bonds is 0. The maximum atomic E-state index is 2.43. The van der Waals surface area contributed by atoms with Crippen molar-refractivity contribution in [3.8, 4) is 0 Å². The van der Waals surface area contributed by atoms with Crippen LogP contribution in [0.3, 0.4) is 0 Å². The van der Waals surface area contributed by atoms with E-state index < -0.39 is 0 Å². The van der Waals surface area contributed by atoms with Crippen LogP contribution in [0.15, 0.2) is 11.6 Å². The largest absolute Gasteiger partial charge is 0.0850 e. The van der Waals surface area contributed by atoms with Gasteiger partial charge in [-0.25, -0.2) is 0 Å². The van der Waals surface area contributed by atoms with Crippen LogP contribution in [-0.2, 0) is 0 Å². The van der Waals surface area contributed by atoms with Gasteiger partial charge in [0.05, 0.1) is 0 Å². The number of allylic oxidation sites excluding steroid dienone is 2. The van der Waals surface area contributed by atoms with Crippen molar-refractivity contribution in [2.75, 3.05) is 0 Å². The van der Waals surface area contributed by atoms with E-state index in [2.05, 4.69) is 40.7 Å². The lowest BCUT2D eigenvalue weighted by atomic mass is 9.70. The van der Waals surface area contributed by atoms with Gasteiger partial charge in [0.15, 0.2) is 0 Å². The van der Waals surface area contributed by atoms with E-state index in [0.29, 0.717) is 5.41 Å². The van der Waals surface area contributed by atoms with Crippen LogP contribution < -0.4 is 0 Å². The first-order chi connectivity index (χ1) is 5.41. The Morgan fingerprint density at radius 2 is 1.92 bits per heavy atom. The molecule has 1 aliphatic carbocycles. The van der Waals surface area contributed by atoms with Crippen molar-refractivity contribution in [2.45, 2.75) is 47.5 Å². The first-order valence-electron chi connectivity index (χ1n) is 5.08. The van der Waals surface area contributed by atoms with E-state index in [0.717, 1.165) is 11.8 Å². The van der Waals surface area contributed by atoms with Gasteiger partial charge < -0.3 is 0 Å². The van der Waals surface area contributed by atoms with E-state index in [1.807, 2.05) is 0 Å². The second-order valence-electron chi connectivity index (χ2n) is 5.38. The Bertz CT molecular complexity index is 181. The summed E-state index contributed by atoms with van der Waals surface area (Å²) >= 11 is 0. The third kappa shape index (κ3) is 2.12. The monoisotopic (exact) mass is 166 g/mol. The summed E-state index contributed by atoms with van der Waals surface area (Å²) < 4.78 is 0. The standard InChI is InChI=1S/C12H22/c1-9-6-7-11(8-10(9)2)12(3,4)5/h6,10-11H,7-8H2,1-5H3. The normalized spacial score (nSPS) is 31.6. The smallest absolute Gasteiger partial charge is 0.0231 e. The molecule has 0 aliphatic heterocycles. The van der Waals surface area contributed by atoms with E-state index in [-0.39, 0.29) is 0 Å². The van der Waals surface area contributed by atoms with E-state index >= 15 is 0 Å². The molecule has 0 aromatic rings. The quantitative estimate of drug-likeness (QED) is 0.477. The minimum atomic E-state index is 0.492. The predicted octanol–water partition coefficient (Wildman–Crippen LogP) is 4.02. The molecule has 0 saturated carbocycles. The second kappa shape index (κ2) is 3.24. The topological polar surface area (TPSA) is 0 Å². The zero-order valence-electron chi connectivity index (χ0n) is 9.15. The van der Waals surface area contributed by atoms with E-state index in [1.165, 1.54) is 12.8 Å². The van der Waals surface area contributed by atoms with Crippen molar-refractivity contribution in [1.82, 2.24) is 0 Å². The van der Waals surface area contributed by atoms with Crippen LogP contribution in [0, 0.1) is 17.3 Å². The van der Waals surface area contributed by atoms with E-state index in [1.54, 1.807) is 5.57 Å². The van der Waals surface area contributed by atoms with Crippen molar-refractivity contribution in [3.63, 3.8) is 0 Å². The second-order valence-corrected chi connectivity index (χ2v) is 5.38. The highest BCUT2D eigenvalue weighted by Gasteiger charge is 2.28. The molecule has 0 heterocycles. The molecule has 0 aromatic carbocycles. The SMILES string of the molecule is CC1=CCC(C(C)(C)C)CC1C. The molecule has 0 N–H and O–H groups in total. The lowest BCUT2D eigenvalue weighted by Gasteiger charge is -2.35. The van der Waals surface area contributed by atoms with Crippen molar-refractivity contribution < 1.29 is 0 Å². The van der Waals surface area contributed by atoms with Crippen LogP contribution in [-0.4, -0.2) is 0 Å². The Labute approximate surface area is 77.1 Å². The number of hydrogen-bond acceptors (Lipinski definition) is 0. The molecule has 12 heavy (non-hydrogen) atoms. The van der Waals surface area contributed by atoms with Gasteiger partial charge in [0, 0.05) is 0 Å². The Kier molecular flexibility index (Phi) is 2.65. The highest BCUT2D eigenvalue weighted by molar-refractivity contribution is 5.08. The Morgan fingerprint density at radius 3 is 2.33 bits per heavy atom. The van der Waals surface area contributed by atoms with Crippen LogP contribution in [0.2, 0.25) is 0 Å². The van der Waals surface area contributed by atoms with Crippen LogP contribution in [0.1, 0.15) is 47.5 Å². The molecular weight excluding hydrogens is 144 g/mol. The third-order valence-corrected chi connectivity index (χ3v) is 3.36. The van der Waals surface area contributed by atoms with Crippen LogP contribution in [0.4, 0.5) is 0 Å². The van der Waals surface area contributed by atoms with Gasteiger partial charge in [0.2, 0.25) is 0 Å². The molecule has 0 bridgehead atoms. The Morgan fingerprint density at radius 1 is 1.33 bits per heavy atom. The molecule has 0 amide bonds. The summed E-state index contributed by atoms with van der Waals surface area (Å²) in [6.45, 7) is 11.7. The van der Waals surface area contributed by atoms with Gasteiger partial charge in [-0.3, -0.25) is 0 Å². The number of hydrogen-bond donors (Lipinski definition) is 0. The molecule has 0 saturated heterocycles. The summed E-state index contributed by atoms with van der Waals surface area (Å²) in [6, 6.07) is 0. The van der Waals surface area contributed by atoms with Gasteiger partial charge in [-0.05, 0) is 37.0 Å². The van der Waals surface area contributed by atoms with Gasteiger partial charge in [-0.2, -0.15) is 0 Å². The summed E-state index contributed by atoms with van der Waals surface area (Å²) in [5, 5.41) is 0. The molecule has 1 rings (SSSR count). The minimum Gasteiger partial charge on any atom is -0.0850 e. The fourth-order valence-electron chi connectivity index (χ4n) is 1.95. The Hall–Kier alpha value is -0.260. The predicted molar refractivity (Wildman–Crippen MR) is 55.1 cm³/mol. The zero-order chi connectivity index (χ0) is 9.35. The summed E-state index contributed by atoms with van der Waals surface area (Å²) in [5.74, 6) is 1.69. The highest BCUT2D eigenvalue weighted by atomic mass is 14.3. The lowest BCUT2D eigenvalue weighted by molar-refractivity contribution is 0.200. The Balaban J connectivity index is 2.65. The fraction of sp³-hybridized carbons (Fsp3) is 0.833. The van der Waals surface area contributed by atoms with Gasteiger partial charge in [0.25, 0.3) is 0 Å². The molecule has 2 unspecified atom stereocenters. The van der Waals surface area contributed by atoms with Gasteiger partial charge in [0.1, 0.15) is 0 Å². The maximum absolute atomic E-state index is 2.43. The van der Waals surface area contributed by atoms with E-state index in [9.17, 15) is 0 Å². The molecule has 2 atom stereocenters. The van der Waals surface area contributed by atoms with E-state index in [4.69, 9.17) is 0 Å². The fourth-order valence-corrected chi connectivity index (χ4v) is 1.95. The molecule has 0 fully saturated rings. The molecule has 0 heteroatoms. The molecule has 0 radical (unpaired) electrons. The van der Waals surface area contributed by atoms with Crippen LogP contribution in [0.5, 0.6) is 0 Å². The molecule has 0 spiro atoms. The summed E-state index contributed by atoms with van der Waals surface area (Å²) in [5.41, 5.74) is 2.08. The van der Waals surface area contributed by atoms with Gasteiger partial charge in [-0.15, -0.1) is 0 Å². The average Bonchev–Trinajstić information content (AvgIpc) is 1.92. The summed E-state index contributed by atoms with van der Waals surface area (Å²) in [6.07, 6.45) is 5.11. The molecular formula is C12H22.